The van der Waals surface area contributed by atoms with Crippen LogP contribution in [0.3, 0.4) is 0 Å². The number of carbonyl (C=O) groups excluding carboxylic acids is 5. The SMILES string of the molecule is CCCCCCCCCCCCCCCCOC(COC(=O)CCC(=O)NC(CCCCN)C(=O)NC(Cc1cnc[nH]1)C(=O)NC(CCCCN)C(=O)O)C1OC(=O)C(OP(=O)(O)O)=C1O. The van der Waals surface area contributed by atoms with Gasteiger partial charge >= 0.3 is 25.7 Å². The largest absolute Gasteiger partial charge is 0.525 e. The van der Waals surface area contributed by atoms with E-state index in [1.54, 1.807) is 0 Å². The maximum absolute atomic E-state index is 13.7. The van der Waals surface area contributed by atoms with E-state index in [1.807, 2.05) is 0 Å². The molecule has 0 fully saturated rings. The number of aromatic nitrogens is 2. The van der Waals surface area contributed by atoms with Gasteiger partial charge in [-0.05, 0) is 58.0 Å². The Kier molecular flexibility index (Phi) is 29.5. The number of nitrogens with two attached hydrogens (primary N) is 2. The number of phosphoric acid groups is 1. The number of carboxylic acids is 1. The van der Waals surface area contributed by atoms with Gasteiger partial charge in [-0.1, -0.05) is 90.4 Å². The van der Waals surface area contributed by atoms with Crippen molar-refractivity contribution in [3.8, 4) is 0 Å². The molecule has 382 valence electrons. The maximum atomic E-state index is 13.7. The highest BCUT2D eigenvalue weighted by atomic mass is 31.2. The third-order valence-corrected chi connectivity index (χ3v) is 11.5. The number of cyclic esters (lactones) is 1. The number of H-pyrrole nitrogens is 1. The van der Waals surface area contributed by atoms with Crippen LogP contribution in [-0.4, -0.2) is 122 Å². The standard InChI is InChI=1S/C44H76N7O15P/c1-2-3-4-5-6-7-8-9-10-11-12-13-14-19-26-63-35(39-38(54)40(44(59)65-39)66-67(60,61)62)29-64-37(53)23-22-36(52)49-32(20-15-17-24-45)41(55)51-34(27-31-28-47-30-48-31)42(56)50-33(43(57)58)21-16-18-25-46/h28,30,32-35,39,54H,2-27,29,45-46H2,1H3,(H,47,48)(H,49,52)(H,50,56)(H,51,55)(H,57,58)(H2,60,61,62). The summed E-state index contributed by atoms with van der Waals surface area (Å²) in [6.07, 6.45) is 16.8. The molecule has 0 aromatic carbocycles. The molecule has 0 saturated heterocycles. The molecule has 1 aromatic rings. The van der Waals surface area contributed by atoms with E-state index in [9.17, 15) is 53.3 Å². The van der Waals surface area contributed by atoms with Gasteiger partial charge in [-0.2, -0.15) is 0 Å². The number of carbonyl (C=O) groups is 6. The third-order valence-electron chi connectivity index (χ3n) is 11.0. The summed E-state index contributed by atoms with van der Waals surface area (Å²) in [6.45, 7) is 2.37. The van der Waals surface area contributed by atoms with Gasteiger partial charge in [0.25, 0.3) is 5.76 Å². The molecule has 22 nitrogen and oxygen atoms in total. The first-order valence-corrected chi connectivity index (χ1v) is 25.3. The number of phosphoric ester groups is 1. The van der Waals surface area contributed by atoms with Crippen LogP contribution < -0.4 is 27.4 Å². The smallest absolute Gasteiger partial charge is 0.505 e. The van der Waals surface area contributed by atoms with Gasteiger partial charge in [-0.15, -0.1) is 0 Å². The lowest BCUT2D eigenvalue weighted by molar-refractivity contribution is -0.159. The van der Waals surface area contributed by atoms with Crippen LogP contribution in [0.15, 0.2) is 24.0 Å². The van der Waals surface area contributed by atoms with Crippen molar-refractivity contribution in [2.45, 2.75) is 185 Å². The van der Waals surface area contributed by atoms with Crippen molar-refractivity contribution in [3.05, 3.63) is 29.7 Å². The Labute approximate surface area is 393 Å². The third kappa shape index (κ3) is 25.4. The summed E-state index contributed by atoms with van der Waals surface area (Å²) in [6, 6.07) is -3.70. The zero-order chi connectivity index (χ0) is 49.5. The second-order valence-electron chi connectivity index (χ2n) is 16.7. The summed E-state index contributed by atoms with van der Waals surface area (Å²) >= 11 is 0. The Hall–Kier alpha value is -4.60. The molecular weight excluding hydrogens is 897 g/mol. The number of ether oxygens (including phenoxy) is 3. The molecule has 1 aliphatic heterocycles. The number of aromatic amines is 1. The lowest BCUT2D eigenvalue weighted by Crippen LogP contribution is -2.56. The zero-order valence-electron chi connectivity index (χ0n) is 39.0. The molecule has 1 aliphatic rings. The Bertz CT molecular complexity index is 1710. The summed E-state index contributed by atoms with van der Waals surface area (Å²) < 4.78 is 32.1. The van der Waals surface area contributed by atoms with Gasteiger partial charge < -0.3 is 61.3 Å². The quantitative estimate of drug-likeness (QED) is 0.0254. The minimum absolute atomic E-state index is 0.0855. The molecule has 1 aromatic heterocycles. The highest BCUT2D eigenvalue weighted by Gasteiger charge is 2.44. The minimum atomic E-state index is -5.27. The molecule has 5 unspecified atom stereocenters. The predicted molar refractivity (Wildman–Crippen MR) is 244 cm³/mol. The van der Waals surface area contributed by atoms with Crippen molar-refractivity contribution in [2.24, 2.45) is 11.5 Å². The molecule has 0 radical (unpaired) electrons. The first-order chi connectivity index (χ1) is 32.1. The molecule has 12 N–H and O–H groups in total. The molecule has 5 atom stereocenters. The molecule has 0 spiro atoms. The van der Waals surface area contributed by atoms with E-state index in [-0.39, 0.29) is 25.9 Å². The first-order valence-electron chi connectivity index (χ1n) is 23.8. The highest BCUT2D eigenvalue weighted by Crippen LogP contribution is 2.42. The second-order valence-corrected chi connectivity index (χ2v) is 17.9. The van der Waals surface area contributed by atoms with E-state index >= 15 is 0 Å². The van der Waals surface area contributed by atoms with Crippen LogP contribution in [0.5, 0.6) is 0 Å². The number of imidazole rings is 1. The summed E-state index contributed by atoms with van der Waals surface area (Å²) in [5.41, 5.74) is 11.7. The van der Waals surface area contributed by atoms with Crippen molar-refractivity contribution in [1.82, 2.24) is 25.9 Å². The van der Waals surface area contributed by atoms with Gasteiger partial charge in [-0.25, -0.2) is 19.1 Å². The second kappa shape index (κ2) is 33.8. The van der Waals surface area contributed by atoms with Crippen molar-refractivity contribution >= 4 is 43.5 Å². The molecule has 23 heteroatoms. The molecule has 0 saturated carbocycles. The number of carboxylic acid groups (broad SMARTS) is 1. The van der Waals surface area contributed by atoms with Crippen LogP contribution in [0.1, 0.15) is 154 Å². The van der Waals surface area contributed by atoms with E-state index in [0.29, 0.717) is 50.9 Å². The van der Waals surface area contributed by atoms with Crippen molar-refractivity contribution in [2.75, 3.05) is 26.3 Å². The van der Waals surface area contributed by atoms with Crippen LogP contribution in [0, 0.1) is 0 Å². The topological polar surface area (TPSA) is 354 Å². The summed E-state index contributed by atoms with van der Waals surface area (Å²) in [5.74, 6) is -7.83. The molecular formula is C44H76N7O15P. The fourth-order valence-corrected chi connectivity index (χ4v) is 7.68. The van der Waals surface area contributed by atoms with Gasteiger partial charge in [0.05, 0.1) is 12.7 Å². The van der Waals surface area contributed by atoms with E-state index in [2.05, 4.69) is 37.4 Å². The molecule has 0 aliphatic carbocycles. The number of hydrogen-bond donors (Lipinski definition) is 10. The molecule has 67 heavy (non-hydrogen) atoms. The van der Waals surface area contributed by atoms with Crippen molar-refractivity contribution in [1.29, 1.82) is 0 Å². The van der Waals surface area contributed by atoms with Crippen LogP contribution in [0.4, 0.5) is 0 Å². The van der Waals surface area contributed by atoms with Gasteiger partial charge in [0.2, 0.25) is 17.7 Å². The van der Waals surface area contributed by atoms with Crippen molar-refractivity contribution < 1.29 is 72.1 Å². The number of amides is 3. The number of hydrogen-bond acceptors (Lipinski definition) is 15. The normalized spacial score (nSPS) is 15.6. The number of nitrogens with zero attached hydrogens (tertiary/aromatic N) is 1. The summed E-state index contributed by atoms with van der Waals surface area (Å²) in [5, 5.41) is 28.1. The average Bonchev–Trinajstić information content (AvgIpc) is 3.90. The van der Waals surface area contributed by atoms with E-state index in [0.717, 1.165) is 25.7 Å². The highest BCUT2D eigenvalue weighted by molar-refractivity contribution is 7.46. The molecule has 2 heterocycles. The van der Waals surface area contributed by atoms with Gasteiger partial charge in [0, 0.05) is 31.3 Å². The van der Waals surface area contributed by atoms with Gasteiger partial charge in [0.15, 0.2) is 11.9 Å². The van der Waals surface area contributed by atoms with Crippen LogP contribution >= 0.6 is 7.82 Å². The Morgan fingerprint density at radius 1 is 0.791 bits per heavy atom. The molecule has 0 bridgehead atoms. The monoisotopic (exact) mass is 974 g/mol. The minimum Gasteiger partial charge on any atom is -0.505 e. The Balaban J connectivity index is 2.00. The number of rotatable bonds is 40. The van der Waals surface area contributed by atoms with E-state index in [1.165, 1.54) is 70.3 Å². The number of esters is 2. The maximum Gasteiger partial charge on any atom is 0.525 e. The predicted octanol–water partition coefficient (Wildman–Crippen LogP) is 3.74. The van der Waals surface area contributed by atoms with Crippen molar-refractivity contribution in [3.63, 3.8) is 0 Å². The van der Waals surface area contributed by atoms with Crippen LogP contribution in [0.2, 0.25) is 0 Å². The first kappa shape index (κ1) is 58.5. The van der Waals surface area contributed by atoms with Gasteiger partial charge in [0.1, 0.15) is 30.8 Å². The Morgan fingerprint density at radius 2 is 1.34 bits per heavy atom. The Morgan fingerprint density at radius 3 is 1.88 bits per heavy atom. The summed E-state index contributed by atoms with van der Waals surface area (Å²) in [4.78, 5) is 103. The van der Waals surface area contributed by atoms with E-state index in [4.69, 9.17) is 25.7 Å². The number of nitrogens with one attached hydrogen (secondary N) is 4. The van der Waals surface area contributed by atoms with E-state index < -0.39 is 105 Å². The fourth-order valence-electron chi connectivity index (χ4n) is 7.28. The lowest BCUT2D eigenvalue weighted by Gasteiger charge is -2.24. The van der Waals surface area contributed by atoms with Crippen LogP contribution in [0.25, 0.3) is 0 Å². The zero-order valence-corrected chi connectivity index (χ0v) is 39.9. The number of unbranched alkanes of at least 4 members (excludes halogenated alkanes) is 15. The van der Waals surface area contributed by atoms with Gasteiger partial charge in [-0.3, -0.25) is 29.0 Å². The number of aliphatic hydroxyl groups excluding tert-OH is 1. The average molecular weight is 974 g/mol. The fraction of sp³-hybridized carbons (Fsp3) is 0.750. The number of aliphatic hydroxyl groups is 1. The molecule has 2 rings (SSSR count). The lowest BCUT2D eigenvalue weighted by atomic mass is 10.0. The summed E-state index contributed by atoms with van der Waals surface area (Å²) in [7, 11) is -5.27. The number of aliphatic carboxylic acids is 1. The molecule has 3 amide bonds. The van der Waals surface area contributed by atoms with Crippen LogP contribution in [-0.2, 0) is 58.5 Å².